The van der Waals surface area contributed by atoms with Gasteiger partial charge in [0.1, 0.15) is 0 Å². The normalized spacial score (nSPS) is 12.7. The van der Waals surface area contributed by atoms with Crippen LogP contribution in [0.2, 0.25) is 0 Å². The first-order valence-electron chi connectivity index (χ1n) is 12.1. The second kappa shape index (κ2) is 21.5. The van der Waals surface area contributed by atoms with Gasteiger partial charge in [-0.05, 0) is 32.1 Å². The van der Waals surface area contributed by atoms with Crippen molar-refractivity contribution >= 4 is 5.97 Å². The van der Waals surface area contributed by atoms with Gasteiger partial charge in [-0.2, -0.15) is 0 Å². The summed E-state index contributed by atoms with van der Waals surface area (Å²) in [4.78, 5) is 10.7. The van der Waals surface area contributed by atoms with Crippen LogP contribution in [0.5, 0.6) is 0 Å². The van der Waals surface area contributed by atoms with Crippen molar-refractivity contribution in [3.8, 4) is 0 Å². The molecule has 0 aliphatic rings. The Morgan fingerprint density at radius 3 is 1.44 bits per heavy atom. The van der Waals surface area contributed by atoms with E-state index in [0.29, 0.717) is 0 Å². The molecule has 2 heteroatoms. The molecule has 0 heterocycles. The van der Waals surface area contributed by atoms with E-state index in [2.05, 4.69) is 19.1 Å². The van der Waals surface area contributed by atoms with Crippen molar-refractivity contribution in [2.45, 2.75) is 136 Å². The maximum Gasteiger partial charge on any atom is 0.306 e. The minimum absolute atomic E-state index is 0.171. The fourth-order valence-corrected chi connectivity index (χ4v) is 3.53. The van der Waals surface area contributed by atoms with Gasteiger partial charge in [-0.3, -0.25) is 4.79 Å². The third kappa shape index (κ3) is 21.4. The molecule has 0 spiro atoms. The highest BCUT2D eigenvalue weighted by atomic mass is 16.4. The number of aliphatic carboxylic acids is 1. The molecule has 0 rings (SSSR count). The highest BCUT2D eigenvalue weighted by Gasteiger charge is 2.09. The average Bonchev–Trinajstić information content (AvgIpc) is 2.66. The predicted octanol–water partition coefficient (Wildman–Crippen LogP) is 8.70. The van der Waals surface area contributed by atoms with E-state index in [1.165, 1.54) is 109 Å². The summed E-state index contributed by atoms with van der Waals surface area (Å²) >= 11 is 0. The highest BCUT2D eigenvalue weighted by molar-refractivity contribution is 5.69. The summed E-state index contributed by atoms with van der Waals surface area (Å²) in [6.07, 6.45) is 29.7. The van der Waals surface area contributed by atoms with Crippen LogP contribution in [0, 0.1) is 5.92 Å². The van der Waals surface area contributed by atoms with Gasteiger partial charge in [0.25, 0.3) is 0 Å². The van der Waals surface area contributed by atoms with Gasteiger partial charge in [-0.15, -0.1) is 0 Å². The summed E-state index contributed by atoms with van der Waals surface area (Å²) in [6, 6.07) is 0. The van der Waals surface area contributed by atoms with Crippen molar-refractivity contribution in [2.75, 3.05) is 0 Å². The Morgan fingerprint density at radius 1 is 0.667 bits per heavy atom. The second-order valence-corrected chi connectivity index (χ2v) is 8.38. The van der Waals surface area contributed by atoms with Gasteiger partial charge in [-0.25, -0.2) is 0 Å². The Hall–Kier alpha value is -0.790. The zero-order valence-electron chi connectivity index (χ0n) is 18.5. The first kappa shape index (κ1) is 26.2. The van der Waals surface area contributed by atoms with E-state index >= 15 is 0 Å². The number of hydrogen-bond acceptors (Lipinski definition) is 1. The zero-order chi connectivity index (χ0) is 20.0. The van der Waals surface area contributed by atoms with E-state index in [0.717, 1.165) is 12.8 Å². The lowest BCUT2D eigenvalue weighted by molar-refractivity contribution is -0.141. The molecule has 160 valence electrons. The Balaban J connectivity index is 3.12. The van der Waals surface area contributed by atoms with Gasteiger partial charge in [0, 0.05) is 0 Å². The van der Waals surface area contributed by atoms with Crippen molar-refractivity contribution in [2.24, 2.45) is 5.92 Å². The Kier molecular flexibility index (Phi) is 20.9. The fraction of sp³-hybridized carbons (Fsp3) is 0.880. The van der Waals surface area contributed by atoms with Crippen molar-refractivity contribution in [1.82, 2.24) is 0 Å². The number of hydrogen-bond donors (Lipinski definition) is 1. The number of carbonyl (C=O) groups is 1. The van der Waals surface area contributed by atoms with Crippen molar-refractivity contribution in [3.05, 3.63) is 12.2 Å². The Bertz CT molecular complexity index is 335. The van der Waals surface area contributed by atoms with Crippen molar-refractivity contribution in [1.29, 1.82) is 0 Å². The maximum atomic E-state index is 10.7. The fourth-order valence-electron chi connectivity index (χ4n) is 3.53. The van der Waals surface area contributed by atoms with Gasteiger partial charge >= 0.3 is 5.97 Å². The number of carboxylic acids is 1. The summed E-state index contributed by atoms with van der Waals surface area (Å²) in [7, 11) is 0. The molecule has 0 aromatic rings. The molecule has 0 bridgehead atoms. The van der Waals surface area contributed by atoms with Crippen molar-refractivity contribution < 1.29 is 9.90 Å². The standard InChI is InChI=1S/C25H48O2/c1-3-4-5-6-7-8-9-10-11-12-13-14-15-16-17-18-19-20-21-22-23-24(2)25(26)27/h10-11,24H,3-9,12-23H2,1-2H3,(H,26,27)/b11-10-. The largest absolute Gasteiger partial charge is 0.481 e. The molecule has 0 aromatic heterocycles. The molecular formula is C25H48O2. The van der Waals surface area contributed by atoms with E-state index in [1.807, 2.05) is 6.92 Å². The predicted molar refractivity (Wildman–Crippen MR) is 119 cm³/mol. The second-order valence-electron chi connectivity index (χ2n) is 8.38. The van der Waals surface area contributed by atoms with E-state index in [9.17, 15) is 4.79 Å². The molecule has 0 saturated carbocycles. The van der Waals surface area contributed by atoms with Gasteiger partial charge < -0.3 is 5.11 Å². The van der Waals surface area contributed by atoms with Crippen LogP contribution < -0.4 is 0 Å². The smallest absolute Gasteiger partial charge is 0.306 e. The Labute approximate surface area is 170 Å². The number of rotatable bonds is 21. The molecule has 1 atom stereocenters. The van der Waals surface area contributed by atoms with Gasteiger partial charge in [0.2, 0.25) is 0 Å². The molecule has 0 saturated heterocycles. The van der Waals surface area contributed by atoms with Crippen LogP contribution in [0.3, 0.4) is 0 Å². The summed E-state index contributed by atoms with van der Waals surface area (Å²) in [5, 5.41) is 8.84. The third-order valence-electron chi connectivity index (χ3n) is 5.57. The highest BCUT2D eigenvalue weighted by Crippen LogP contribution is 2.14. The van der Waals surface area contributed by atoms with Gasteiger partial charge in [0.15, 0.2) is 0 Å². The molecule has 2 nitrogen and oxygen atoms in total. The van der Waals surface area contributed by atoms with E-state index in [4.69, 9.17) is 5.11 Å². The molecule has 1 unspecified atom stereocenters. The van der Waals surface area contributed by atoms with Crippen LogP contribution in [0.25, 0.3) is 0 Å². The molecule has 1 N–H and O–H groups in total. The SMILES string of the molecule is CCCCCCCC/C=C\CCCCCCCCCCCCC(C)C(=O)O. The molecule has 0 radical (unpaired) electrons. The molecule has 27 heavy (non-hydrogen) atoms. The lowest BCUT2D eigenvalue weighted by atomic mass is 10.0. The maximum absolute atomic E-state index is 10.7. The Morgan fingerprint density at radius 2 is 1.04 bits per heavy atom. The van der Waals surface area contributed by atoms with E-state index in [-0.39, 0.29) is 5.92 Å². The van der Waals surface area contributed by atoms with Crippen molar-refractivity contribution in [3.63, 3.8) is 0 Å². The number of carboxylic acid groups (broad SMARTS) is 1. The number of unbranched alkanes of at least 4 members (excludes halogenated alkanes) is 16. The lowest BCUT2D eigenvalue weighted by Gasteiger charge is -2.05. The summed E-state index contributed by atoms with van der Waals surface area (Å²) in [5.41, 5.74) is 0. The molecule has 0 fully saturated rings. The van der Waals surface area contributed by atoms with Crippen LogP contribution in [0.15, 0.2) is 12.2 Å². The number of allylic oxidation sites excluding steroid dienone is 2. The first-order valence-corrected chi connectivity index (χ1v) is 12.1. The van der Waals surface area contributed by atoms with Crippen LogP contribution in [-0.2, 0) is 4.79 Å². The summed E-state index contributed by atoms with van der Waals surface area (Å²) < 4.78 is 0. The molecule has 0 aliphatic heterocycles. The monoisotopic (exact) mass is 380 g/mol. The molecule has 0 aromatic carbocycles. The zero-order valence-corrected chi connectivity index (χ0v) is 18.5. The third-order valence-corrected chi connectivity index (χ3v) is 5.57. The first-order chi connectivity index (χ1) is 13.2. The molecule has 0 aliphatic carbocycles. The van der Waals surface area contributed by atoms with Crippen LogP contribution in [-0.4, -0.2) is 11.1 Å². The van der Waals surface area contributed by atoms with E-state index in [1.54, 1.807) is 0 Å². The minimum Gasteiger partial charge on any atom is -0.481 e. The van der Waals surface area contributed by atoms with E-state index < -0.39 is 5.97 Å². The average molecular weight is 381 g/mol. The minimum atomic E-state index is -0.650. The topological polar surface area (TPSA) is 37.3 Å². The van der Waals surface area contributed by atoms with Gasteiger partial charge in [0.05, 0.1) is 5.92 Å². The van der Waals surface area contributed by atoms with Crippen LogP contribution in [0.4, 0.5) is 0 Å². The summed E-state index contributed by atoms with van der Waals surface area (Å²) in [5.74, 6) is -0.821. The van der Waals surface area contributed by atoms with Crippen LogP contribution in [0.1, 0.15) is 136 Å². The summed E-state index contributed by atoms with van der Waals surface area (Å²) in [6.45, 7) is 4.09. The molecular weight excluding hydrogens is 332 g/mol. The lowest BCUT2D eigenvalue weighted by Crippen LogP contribution is -2.08. The quantitative estimate of drug-likeness (QED) is 0.160. The van der Waals surface area contributed by atoms with Crippen LogP contribution >= 0.6 is 0 Å². The molecule has 0 amide bonds. The van der Waals surface area contributed by atoms with Gasteiger partial charge in [-0.1, -0.05) is 116 Å².